The molecule has 1 fully saturated rings. The Hall–Kier alpha value is -2.34. The molecule has 0 saturated carbocycles. The van der Waals surface area contributed by atoms with Crippen molar-refractivity contribution in [3.8, 4) is 11.3 Å². The summed E-state index contributed by atoms with van der Waals surface area (Å²) in [5.41, 5.74) is 5.41. The summed E-state index contributed by atoms with van der Waals surface area (Å²) in [7, 11) is 0. The first kappa shape index (κ1) is 12.7. The monoisotopic (exact) mass is 332 g/mol. The Kier molecular flexibility index (Phi) is 3.15. The van der Waals surface area contributed by atoms with Gasteiger partial charge in [-0.3, -0.25) is 20.4 Å². The quantitative estimate of drug-likeness (QED) is 0.654. The van der Waals surface area contributed by atoms with Crippen LogP contribution < -0.4 is 10.9 Å². The maximum atomic E-state index is 11.4. The molecule has 0 atom stereocenters. The van der Waals surface area contributed by atoms with Crippen LogP contribution in [0.4, 0.5) is 0 Å². The van der Waals surface area contributed by atoms with Gasteiger partial charge in [-0.2, -0.15) is 0 Å². The van der Waals surface area contributed by atoms with Crippen molar-refractivity contribution in [1.82, 2.24) is 10.9 Å². The molecule has 1 saturated heterocycles. The topological polar surface area (TPSA) is 71.3 Å². The Morgan fingerprint density at radius 3 is 2.25 bits per heavy atom. The van der Waals surface area contributed by atoms with Crippen molar-refractivity contribution in [2.75, 3.05) is 0 Å². The number of carbonyl (C=O) groups excluding carboxylic acids is 2. The molecule has 0 spiro atoms. The highest BCUT2D eigenvalue weighted by Crippen LogP contribution is 2.25. The van der Waals surface area contributed by atoms with Crippen LogP contribution in [0.1, 0.15) is 5.76 Å². The van der Waals surface area contributed by atoms with Gasteiger partial charge in [-0.05, 0) is 30.3 Å². The van der Waals surface area contributed by atoms with Crippen LogP contribution in [0, 0.1) is 0 Å². The lowest BCUT2D eigenvalue weighted by Gasteiger charge is -1.96. The van der Waals surface area contributed by atoms with Crippen molar-refractivity contribution in [2.24, 2.45) is 0 Å². The molecule has 0 aliphatic carbocycles. The lowest BCUT2D eigenvalue weighted by Crippen LogP contribution is -2.28. The van der Waals surface area contributed by atoms with Crippen LogP contribution in [0.25, 0.3) is 17.4 Å². The summed E-state index contributed by atoms with van der Waals surface area (Å²) in [6, 6.07) is 11.1. The molecule has 5 nitrogen and oxygen atoms in total. The van der Waals surface area contributed by atoms with E-state index in [0.717, 1.165) is 10.0 Å². The Morgan fingerprint density at radius 1 is 0.950 bits per heavy atom. The fourth-order valence-electron chi connectivity index (χ4n) is 1.82. The summed E-state index contributed by atoms with van der Waals surface area (Å²) in [4.78, 5) is 22.8. The van der Waals surface area contributed by atoms with E-state index >= 15 is 0 Å². The highest BCUT2D eigenvalue weighted by atomic mass is 79.9. The first-order valence-electron chi connectivity index (χ1n) is 5.81. The van der Waals surface area contributed by atoms with E-state index in [1.807, 2.05) is 24.3 Å². The normalized spacial score (nSPS) is 14.2. The van der Waals surface area contributed by atoms with E-state index in [1.165, 1.54) is 6.08 Å². The van der Waals surface area contributed by atoms with Gasteiger partial charge in [0.1, 0.15) is 17.1 Å². The number of nitrogens with one attached hydrogen (secondary N) is 2. The number of rotatable bonds is 2. The van der Waals surface area contributed by atoms with E-state index in [0.29, 0.717) is 11.5 Å². The number of carbonyl (C=O) groups is 2. The molecule has 3 rings (SSSR count). The Bertz CT molecular complexity index is 698. The van der Waals surface area contributed by atoms with E-state index in [2.05, 4.69) is 26.8 Å². The molecular formula is C14H9BrN2O3. The molecule has 20 heavy (non-hydrogen) atoms. The smallest absolute Gasteiger partial charge is 0.275 e. The van der Waals surface area contributed by atoms with Crippen LogP contribution >= 0.6 is 15.9 Å². The summed E-state index contributed by atoms with van der Waals surface area (Å²) in [5, 5.41) is 0. The Morgan fingerprint density at radius 2 is 1.60 bits per heavy atom. The molecule has 6 heteroatoms. The van der Waals surface area contributed by atoms with Crippen LogP contribution in [-0.4, -0.2) is 11.8 Å². The third-order valence-electron chi connectivity index (χ3n) is 2.82. The van der Waals surface area contributed by atoms with Gasteiger partial charge >= 0.3 is 0 Å². The van der Waals surface area contributed by atoms with Gasteiger partial charge in [-0.25, -0.2) is 0 Å². The summed E-state index contributed by atoms with van der Waals surface area (Å²) in [6.45, 7) is 0. The zero-order valence-electron chi connectivity index (χ0n) is 10.1. The maximum absolute atomic E-state index is 11.4. The van der Waals surface area contributed by atoms with Crippen LogP contribution in [-0.2, 0) is 9.59 Å². The van der Waals surface area contributed by atoms with E-state index in [9.17, 15) is 9.59 Å². The average Bonchev–Trinajstić information content (AvgIpc) is 3.02. The molecular weight excluding hydrogens is 324 g/mol. The number of hydrogen-bond donors (Lipinski definition) is 2. The molecule has 0 unspecified atom stereocenters. The summed E-state index contributed by atoms with van der Waals surface area (Å²) < 4.78 is 6.60. The van der Waals surface area contributed by atoms with Gasteiger partial charge in [0.15, 0.2) is 0 Å². The van der Waals surface area contributed by atoms with Crippen molar-refractivity contribution >= 4 is 33.8 Å². The molecule has 2 heterocycles. The second-order valence-corrected chi connectivity index (χ2v) is 5.09. The minimum absolute atomic E-state index is 0.0294. The zero-order chi connectivity index (χ0) is 14.1. The molecule has 2 aromatic rings. The predicted molar refractivity (Wildman–Crippen MR) is 76.1 cm³/mol. The lowest BCUT2D eigenvalue weighted by molar-refractivity contribution is -0.117. The number of hydrazine groups is 1. The molecule has 2 amide bonds. The van der Waals surface area contributed by atoms with E-state index in [4.69, 9.17) is 4.42 Å². The second kappa shape index (κ2) is 4.97. The minimum atomic E-state index is -0.461. The molecule has 2 N–H and O–H groups in total. The number of benzene rings is 1. The zero-order valence-corrected chi connectivity index (χ0v) is 11.7. The minimum Gasteiger partial charge on any atom is -0.457 e. The molecule has 1 aromatic carbocycles. The fourth-order valence-corrected chi connectivity index (χ4v) is 2.09. The standard InChI is InChI=1S/C14H9BrN2O3/c15-9-3-1-8(2-4-9)12-6-5-10(20-12)7-11-13(18)16-17-14(11)19/h1-7H,(H,16,18)(H,17,19). The largest absolute Gasteiger partial charge is 0.457 e. The van der Waals surface area contributed by atoms with Gasteiger partial charge in [0.25, 0.3) is 11.8 Å². The van der Waals surface area contributed by atoms with E-state index in [-0.39, 0.29) is 5.57 Å². The summed E-state index contributed by atoms with van der Waals surface area (Å²) in [5.74, 6) is 0.196. The lowest BCUT2D eigenvalue weighted by atomic mass is 10.2. The predicted octanol–water partition coefficient (Wildman–Crippen LogP) is 2.25. The van der Waals surface area contributed by atoms with Crippen LogP contribution in [0.3, 0.4) is 0 Å². The van der Waals surface area contributed by atoms with Crippen molar-refractivity contribution < 1.29 is 14.0 Å². The third kappa shape index (κ3) is 2.37. The molecule has 1 aliphatic rings. The molecule has 0 radical (unpaired) electrons. The van der Waals surface area contributed by atoms with Gasteiger partial charge in [-0.15, -0.1) is 0 Å². The molecule has 1 aliphatic heterocycles. The molecule has 100 valence electrons. The Balaban J connectivity index is 1.91. The van der Waals surface area contributed by atoms with Gasteiger partial charge < -0.3 is 4.42 Å². The highest BCUT2D eigenvalue weighted by molar-refractivity contribution is 9.10. The number of furan rings is 1. The number of halogens is 1. The van der Waals surface area contributed by atoms with Gasteiger partial charge in [-0.1, -0.05) is 28.1 Å². The molecule has 1 aromatic heterocycles. The maximum Gasteiger partial charge on any atom is 0.275 e. The van der Waals surface area contributed by atoms with Crippen molar-refractivity contribution in [3.05, 3.63) is 52.2 Å². The first-order chi connectivity index (χ1) is 9.63. The number of hydrogen-bond acceptors (Lipinski definition) is 3. The van der Waals surface area contributed by atoms with Crippen LogP contribution in [0.5, 0.6) is 0 Å². The highest BCUT2D eigenvalue weighted by Gasteiger charge is 2.25. The summed E-state index contributed by atoms with van der Waals surface area (Å²) in [6.07, 6.45) is 1.42. The van der Waals surface area contributed by atoms with Crippen LogP contribution in [0.15, 0.2) is 50.9 Å². The average molecular weight is 333 g/mol. The van der Waals surface area contributed by atoms with Crippen molar-refractivity contribution in [2.45, 2.75) is 0 Å². The SMILES string of the molecule is O=C1NNC(=O)C1=Cc1ccc(-c2ccc(Br)cc2)o1. The molecule has 0 bridgehead atoms. The van der Waals surface area contributed by atoms with Crippen molar-refractivity contribution in [3.63, 3.8) is 0 Å². The summed E-state index contributed by atoms with van der Waals surface area (Å²) >= 11 is 3.37. The fraction of sp³-hybridized carbons (Fsp3) is 0. The Labute approximate surface area is 122 Å². The first-order valence-corrected chi connectivity index (χ1v) is 6.61. The van der Waals surface area contributed by atoms with Gasteiger partial charge in [0.05, 0.1) is 0 Å². The van der Waals surface area contributed by atoms with E-state index < -0.39 is 11.8 Å². The van der Waals surface area contributed by atoms with Crippen molar-refractivity contribution in [1.29, 1.82) is 0 Å². The van der Waals surface area contributed by atoms with Crippen LogP contribution in [0.2, 0.25) is 0 Å². The third-order valence-corrected chi connectivity index (χ3v) is 3.35. The van der Waals surface area contributed by atoms with Gasteiger partial charge in [0.2, 0.25) is 0 Å². The van der Waals surface area contributed by atoms with Gasteiger partial charge in [0, 0.05) is 10.0 Å². The van der Waals surface area contributed by atoms with E-state index in [1.54, 1.807) is 12.1 Å². The second-order valence-electron chi connectivity index (χ2n) is 4.18. The number of amides is 2.